The third-order valence-corrected chi connectivity index (χ3v) is 2.20. The summed E-state index contributed by atoms with van der Waals surface area (Å²) in [5.74, 6) is 5.26. The minimum absolute atomic E-state index is 0.322. The van der Waals surface area contributed by atoms with Gasteiger partial charge in [0.05, 0.1) is 0 Å². The fourth-order valence-electron chi connectivity index (χ4n) is 1.00. The molecule has 0 unspecified atom stereocenters. The molecule has 0 saturated heterocycles. The highest BCUT2D eigenvalue weighted by Crippen LogP contribution is 2.10. The molecule has 0 bridgehead atoms. The van der Waals surface area contributed by atoms with Crippen LogP contribution in [0.5, 0.6) is 0 Å². The van der Waals surface area contributed by atoms with Crippen molar-refractivity contribution >= 4 is 28.4 Å². The van der Waals surface area contributed by atoms with Crippen molar-refractivity contribution in [3.05, 3.63) is 23.9 Å². The number of carbonyl (C=O) groups is 1. The molecule has 0 atom stereocenters. The Hall–Kier alpha value is -2.13. The van der Waals surface area contributed by atoms with Gasteiger partial charge in [-0.3, -0.25) is 10.1 Å². The SMILES string of the molecule is NNc1cc(C(=O)Nc2nnns2)ccn1. The molecule has 2 heterocycles. The molecule has 2 aromatic rings. The summed E-state index contributed by atoms with van der Waals surface area (Å²) >= 11 is 0.996. The van der Waals surface area contributed by atoms with Gasteiger partial charge in [-0.2, -0.15) is 0 Å². The molecule has 0 aromatic carbocycles. The van der Waals surface area contributed by atoms with Crippen molar-refractivity contribution in [1.29, 1.82) is 0 Å². The average molecular weight is 237 g/mol. The Labute approximate surface area is 94.0 Å². The molecule has 0 radical (unpaired) electrons. The van der Waals surface area contributed by atoms with Crippen LogP contribution in [0.15, 0.2) is 18.3 Å². The van der Waals surface area contributed by atoms with E-state index in [1.54, 1.807) is 6.07 Å². The van der Waals surface area contributed by atoms with E-state index >= 15 is 0 Å². The quantitative estimate of drug-likeness (QED) is 0.502. The largest absolute Gasteiger partial charge is 0.308 e. The van der Waals surface area contributed by atoms with E-state index in [1.807, 2.05) is 0 Å². The number of hydrogen-bond acceptors (Lipinski definition) is 8. The van der Waals surface area contributed by atoms with Crippen LogP contribution in [-0.2, 0) is 0 Å². The Morgan fingerprint density at radius 2 is 2.38 bits per heavy atom. The summed E-state index contributed by atoms with van der Waals surface area (Å²) < 4.78 is 3.52. The van der Waals surface area contributed by atoms with Crippen LogP contribution in [0.2, 0.25) is 0 Å². The van der Waals surface area contributed by atoms with E-state index in [0.717, 1.165) is 11.5 Å². The van der Waals surface area contributed by atoms with Gasteiger partial charge in [-0.15, -0.1) is 0 Å². The molecule has 4 N–H and O–H groups in total. The Bertz CT molecular complexity index is 485. The summed E-state index contributed by atoms with van der Waals surface area (Å²) in [6, 6.07) is 3.08. The molecule has 0 aliphatic rings. The molecular weight excluding hydrogens is 230 g/mol. The lowest BCUT2D eigenvalue weighted by Gasteiger charge is -2.02. The first-order valence-corrected chi connectivity index (χ1v) is 4.96. The first-order valence-electron chi connectivity index (χ1n) is 4.18. The molecule has 1 amide bonds. The summed E-state index contributed by atoms with van der Waals surface area (Å²) in [6.07, 6.45) is 1.47. The zero-order chi connectivity index (χ0) is 11.4. The normalized spacial score (nSPS) is 9.81. The van der Waals surface area contributed by atoms with E-state index < -0.39 is 0 Å². The van der Waals surface area contributed by atoms with Gasteiger partial charge in [0.2, 0.25) is 5.13 Å². The minimum Gasteiger partial charge on any atom is -0.308 e. The zero-order valence-electron chi connectivity index (χ0n) is 7.91. The molecule has 16 heavy (non-hydrogen) atoms. The number of anilines is 2. The van der Waals surface area contributed by atoms with Gasteiger partial charge in [0.1, 0.15) is 5.82 Å². The van der Waals surface area contributed by atoms with Crippen molar-refractivity contribution in [3.63, 3.8) is 0 Å². The molecule has 0 aliphatic carbocycles. The Balaban J connectivity index is 2.14. The van der Waals surface area contributed by atoms with Crippen LogP contribution in [0.1, 0.15) is 10.4 Å². The number of rotatable bonds is 3. The second-order valence-corrected chi connectivity index (χ2v) is 3.43. The minimum atomic E-state index is -0.322. The maximum atomic E-state index is 11.7. The molecule has 0 spiro atoms. The number of nitrogens with one attached hydrogen (secondary N) is 2. The van der Waals surface area contributed by atoms with Gasteiger partial charge in [-0.05, 0) is 17.3 Å². The lowest BCUT2D eigenvalue weighted by Crippen LogP contribution is -2.14. The molecule has 9 heteroatoms. The molecule has 0 aliphatic heterocycles. The number of carbonyl (C=O) groups excluding carboxylic acids is 1. The maximum absolute atomic E-state index is 11.7. The molecule has 2 rings (SSSR count). The van der Waals surface area contributed by atoms with Crippen LogP contribution < -0.4 is 16.6 Å². The number of aromatic nitrogens is 4. The van der Waals surface area contributed by atoms with Crippen molar-refractivity contribution in [2.75, 3.05) is 10.7 Å². The van der Waals surface area contributed by atoms with E-state index in [2.05, 4.69) is 30.5 Å². The molecule has 8 nitrogen and oxygen atoms in total. The second kappa shape index (κ2) is 4.59. The van der Waals surface area contributed by atoms with Crippen molar-refractivity contribution in [3.8, 4) is 0 Å². The van der Waals surface area contributed by atoms with Crippen LogP contribution in [0, 0.1) is 0 Å². The first-order chi connectivity index (χ1) is 7.79. The topological polar surface area (TPSA) is 119 Å². The number of nitrogens with zero attached hydrogens (tertiary/aromatic N) is 4. The van der Waals surface area contributed by atoms with E-state index in [4.69, 9.17) is 5.84 Å². The number of hydrogen-bond donors (Lipinski definition) is 3. The van der Waals surface area contributed by atoms with Gasteiger partial charge in [-0.1, -0.05) is 9.59 Å². The summed E-state index contributed by atoms with van der Waals surface area (Å²) in [5, 5.41) is 9.83. The highest BCUT2D eigenvalue weighted by Gasteiger charge is 2.09. The molecule has 0 fully saturated rings. The van der Waals surface area contributed by atoms with Crippen LogP contribution >= 0.6 is 11.5 Å². The van der Waals surface area contributed by atoms with Gasteiger partial charge < -0.3 is 5.43 Å². The van der Waals surface area contributed by atoms with Gasteiger partial charge in [-0.25, -0.2) is 10.8 Å². The Morgan fingerprint density at radius 1 is 1.50 bits per heavy atom. The molecular formula is C7H7N7OS. The number of hydrazine groups is 1. The molecule has 0 saturated carbocycles. The van der Waals surface area contributed by atoms with Crippen molar-refractivity contribution < 1.29 is 4.79 Å². The molecule has 82 valence electrons. The van der Waals surface area contributed by atoms with Crippen LogP contribution in [0.4, 0.5) is 10.9 Å². The van der Waals surface area contributed by atoms with Gasteiger partial charge in [0, 0.05) is 23.3 Å². The third-order valence-electron chi connectivity index (χ3n) is 1.69. The highest BCUT2D eigenvalue weighted by atomic mass is 32.1. The van der Waals surface area contributed by atoms with E-state index in [1.165, 1.54) is 12.3 Å². The Morgan fingerprint density at radius 3 is 3.06 bits per heavy atom. The fraction of sp³-hybridized carbons (Fsp3) is 0. The summed E-state index contributed by atoms with van der Waals surface area (Å²) in [7, 11) is 0. The first kappa shape index (κ1) is 10.4. The van der Waals surface area contributed by atoms with Crippen LogP contribution in [0.25, 0.3) is 0 Å². The third kappa shape index (κ3) is 2.27. The van der Waals surface area contributed by atoms with E-state index in [-0.39, 0.29) is 5.91 Å². The van der Waals surface area contributed by atoms with E-state index in [9.17, 15) is 4.79 Å². The number of nitrogens with two attached hydrogens (primary N) is 1. The van der Waals surface area contributed by atoms with Crippen molar-refractivity contribution in [2.45, 2.75) is 0 Å². The lowest BCUT2D eigenvalue weighted by molar-refractivity contribution is 0.102. The van der Waals surface area contributed by atoms with Crippen LogP contribution in [0.3, 0.4) is 0 Å². The Kier molecular flexibility index (Phi) is 2.98. The standard InChI is InChI=1S/C7H7N7OS/c8-11-5-3-4(1-2-9-5)6(15)10-7-12-13-14-16-7/h1-3H,8H2,(H,9,11)(H,10,12,14,15). The number of pyridine rings is 1. The zero-order valence-corrected chi connectivity index (χ0v) is 8.73. The van der Waals surface area contributed by atoms with Gasteiger partial charge in [0.25, 0.3) is 5.91 Å². The monoisotopic (exact) mass is 237 g/mol. The number of amides is 1. The van der Waals surface area contributed by atoms with Crippen molar-refractivity contribution in [2.24, 2.45) is 5.84 Å². The number of nitrogen functional groups attached to an aromatic ring is 1. The highest BCUT2D eigenvalue weighted by molar-refractivity contribution is 7.09. The fourth-order valence-corrected chi connectivity index (χ4v) is 1.36. The predicted octanol–water partition coefficient (Wildman–Crippen LogP) is -0.134. The summed E-state index contributed by atoms with van der Waals surface area (Å²) in [6.45, 7) is 0. The molecule has 2 aromatic heterocycles. The predicted molar refractivity (Wildman–Crippen MR) is 57.7 cm³/mol. The second-order valence-electron chi connectivity index (χ2n) is 2.70. The average Bonchev–Trinajstić information content (AvgIpc) is 2.82. The lowest BCUT2D eigenvalue weighted by atomic mass is 10.2. The van der Waals surface area contributed by atoms with Crippen molar-refractivity contribution in [1.82, 2.24) is 19.8 Å². The van der Waals surface area contributed by atoms with E-state index in [0.29, 0.717) is 16.5 Å². The summed E-state index contributed by atoms with van der Waals surface area (Å²) in [5.41, 5.74) is 2.77. The summed E-state index contributed by atoms with van der Waals surface area (Å²) in [4.78, 5) is 15.6. The van der Waals surface area contributed by atoms with Gasteiger partial charge >= 0.3 is 0 Å². The van der Waals surface area contributed by atoms with Gasteiger partial charge in [0.15, 0.2) is 0 Å². The van der Waals surface area contributed by atoms with Crippen LogP contribution in [-0.4, -0.2) is 25.7 Å². The maximum Gasteiger partial charge on any atom is 0.257 e. The smallest absolute Gasteiger partial charge is 0.257 e.